The number of ketones is 2. The second kappa shape index (κ2) is 6.74. The number of aromatic nitrogens is 1. The summed E-state index contributed by atoms with van der Waals surface area (Å²) in [5.74, 6) is -1.24. The summed E-state index contributed by atoms with van der Waals surface area (Å²) in [4.78, 5) is 55.3. The van der Waals surface area contributed by atoms with Gasteiger partial charge < -0.3 is 10.3 Å². The predicted molar refractivity (Wildman–Crippen MR) is 119 cm³/mol. The van der Waals surface area contributed by atoms with Gasteiger partial charge in [0.25, 0.3) is 0 Å². The zero-order valence-electron chi connectivity index (χ0n) is 16.9. The number of pyridine rings is 1. The van der Waals surface area contributed by atoms with E-state index in [0.29, 0.717) is 27.5 Å². The Morgan fingerprint density at radius 1 is 0.806 bits per heavy atom. The Morgan fingerprint density at radius 2 is 1.52 bits per heavy atom. The second-order valence-corrected chi connectivity index (χ2v) is 7.94. The molecule has 31 heavy (non-hydrogen) atoms. The molecule has 0 fully saturated rings. The average molecular weight is 410 g/mol. The maximum absolute atomic E-state index is 13.5. The first-order valence-corrected chi connectivity index (χ1v) is 9.99. The normalized spacial score (nSPS) is 12.9. The molecule has 3 aromatic carbocycles. The number of H-pyrrole nitrogens is 1. The number of hydrogen-bond acceptors (Lipinski definition) is 4. The molecular weight excluding hydrogens is 392 g/mol. The first-order chi connectivity index (χ1) is 14.9. The van der Waals surface area contributed by atoms with Crippen molar-refractivity contribution in [3.63, 3.8) is 0 Å². The molecular formula is C25H18N2O4. The lowest BCUT2D eigenvalue weighted by atomic mass is 9.82. The minimum Gasteiger partial charge on any atom is -0.354 e. The fraction of sp³-hybridized carbons (Fsp3) is 0.120. The molecule has 5 rings (SSSR count). The van der Waals surface area contributed by atoms with E-state index in [1.807, 2.05) is 0 Å². The van der Waals surface area contributed by atoms with Crippen LogP contribution in [0.5, 0.6) is 0 Å². The molecule has 152 valence electrons. The van der Waals surface area contributed by atoms with Crippen LogP contribution in [0, 0.1) is 5.92 Å². The number of carbonyl (C=O) groups is 3. The van der Waals surface area contributed by atoms with Crippen LogP contribution in [0.3, 0.4) is 0 Å². The van der Waals surface area contributed by atoms with Crippen LogP contribution < -0.4 is 10.7 Å². The highest BCUT2D eigenvalue weighted by Crippen LogP contribution is 2.35. The maximum atomic E-state index is 13.5. The summed E-state index contributed by atoms with van der Waals surface area (Å²) in [6.07, 6.45) is 0. The number of anilines is 1. The van der Waals surface area contributed by atoms with Crippen molar-refractivity contribution in [2.75, 3.05) is 5.32 Å². The van der Waals surface area contributed by atoms with E-state index >= 15 is 0 Å². The highest BCUT2D eigenvalue weighted by atomic mass is 16.2. The van der Waals surface area contributed by atoms with E-state index in [0.717, 1.165) is 0 Å². The van der Waals surface area contributed by atoms with Gasteiger partial charge in [0.1, 0.15) is 0 Å². The average Bonchev–Trinajstić information content (AvgIpc) is 2.77. The van der Waals surface area contributed by atoms with E-state index in [1.165, 1.54) is 6.07 Å². The first kappa shape index (κ1) is 18.9. The molecule has 0 saturated carbocycles. The van der Waals surface area contributed by atoms with Gasteiger partial charge in [0.2, 0.25) is 5.91 Å². The summed E-state index contributed by atoms with van der Waals surface area (Å²) >= 11 is 0. The standard InChI is InChI=1S/C25H18N2O4/c1-12(2)25(31)27-18-9-5-7-14-19(18)23(29)15-10-11-16-21(20(15)24(14)30)26-17-8-4-3-6-13(17)22(16)28/h3-12H,1-2H3,(H,26,28)(H,27,31). The lowest BCUT2D eigenvalue weighted by Crippen LogP contribution is -2.26. The number of rotatable bonds is 2. The van der Waals surface area contributed by atoms with Gasteiger partial charge >= 0.3 is 0 Å². The van der Waals surface area contributed by atoms with Crippen molar-refractivity contribution in [1.29, 1.82) is 0 Å². The number of carbonyl (C=O) groups excluding carboxylic acids is 3. The Balaban J connectivity index is 1.78. The zero-order valence-corrected chi connectivity index (χ0v) is 16.9. The minimum absolute atomic E-state index is 0.177. The Bertz CT molecular complexity index is 1510. The lowest BCUT2D eigenvalue weighted by Gasteiger charge is -2.22. The largest absolute Gasteiger partial charge is 0.354 e. The molecule has 0 saturated heterocycles. The number of nitrogens with one attached hydrogen (secondary N) is 2. The third-order valence-electron chi connectivity index (χ3n) is 5.67. The van der Waals surface area contributed by atoms with Gasteiger partial charge in [0.15, 0.2) is 17.0 Å². The van der Waals surface area contributed by atoms with E-state index in [9.17, 15) is 19.2 Å². The molecule has 0 radical (unpaired) electrons. The smallest absolute Gasteiger partial charge is 0.226 e. The molecule has 1 amide bonds. The van der Waals surface area contributed by atoms with Gasteiger partial charge in [-0.1, -0.05) is 38.1 Å². The molecule has 0 bridgehead atoms. The van der Waals surface area contributed by atoms with E-state index in [1.54, 1.807) is 62.4 Å². The number of para-hydroxylation sites is 1. The molecule has 1 aliphatic carbocycles. The molecule has 0 aliphatic heterocycles. The van der Waals surface area contributed by atoms with Gasteiger partial charge in [-0.3, -0.25) is 19.2 Å². The van der Waals surface area contributed by atoms with E-state index in [2.05, 4.69) is 10.3 Å². The van der Waals surface area contributed by atoms with Crippen LogP contribution >= 0.6 is 0 Å². The number of aromatic amines is 1. The highest BCUT2D eigenvalue weighted by Gasteiger charge is 2.34. The Morgan fingerprint density at radius 3 is 2.29 bits per heavy atom. The summed E-state index contributed by atoms with van der Waals surface area (Å²) in [5, 5.41) is 3.62. The number of amides is 1. The van der Waals surface area contributed by atoms with E-state index in [-0.39, 0.29) is 51.1 Å². The fourth-order valence-electron chi connectivity index (χ4n) is 4.05. The van der Waals surface area contributed by atoms with Crippen molar-refractivity contribution in [1.82, 2.24) is 4.98 Å². The van der Waals surface area contributed by atoms with Gasteiger partial charge in [0.05, 0.1) is 22.3 Å². The number of hydrogen-bond donors (Lipinski definition) is 2. The SMILES string of the molecule is CC(C)C(=O)Nc1cccc2c1C(=O)c1ccc3c(=O)c4ccccc4[nH]c3c1C2=O. The van der Waals surface area contributed by atoms with Gasteiger partial charge in [-0.15, -0.1) is 0 Å². The molecule has 0 unspecified atom stereocenters. The van der Waals surface area contributed by atoms with Crippen molar-refractivity contribution in [2.24, 2.45) is 5.92 Å². The first-order valence-electron chi connectivity index (χ1n) is 9.99. The summed E-state index contributed by atoms with van der Waals surface area (Å²) in [7, 11) is 0. The van der Waals surface area contributed by atoms with Crippen LogP contribution in [0.4, 0.5) is 5.69 Å². The quantitative estimate of drug-likeness (QED) is 0.429. The minimum atomic E-state index is -0.361. The summed E-state index contributed by atoms with van der Waals surface area (Å²) in [5.41, 5.74) is 1.84. The van der Waals surface area contributed by atoms with Crippen molar-refractivity contribution in [3.05, 3.63) is 87.1 Å². The Kier molecular flexibility index (Phi) is 4.12. The van der Waals surface area contributed by atoms with Gasteiger partial charge in [-0.05, 0) is 30.3 Å². The van der Waals surface area contributed by atoms with Gasteiger partial charge in [-0.2, -0.15) is 0 Å². The van der Waals surface area contributed by atoms with Crippen molar-refractivity contribution in [3.8, 4) is 0 Å². The van der Waals surface area contributed by atoms with Crippen molar-refractivity contribution < 1.29 is 14.4 Å². The third kappa shape index (κ3) is 2.72. The molecule has 0 atom stereocenters. The molecule has 4 aromatic rings. The van der Waals surface area contributed by atoms with Gasteiger partial charge in [-0.25, -0.2) is 0 Å². The van der Waals surface area contributed by atoms with Crippen molar-refractivity contribution >= 4 is 45.0 Å². The second-order valence-electron chi connectivity index (χ2n) is 7.94. The Labute approximate surface area is 176 Å². The highest BCUT2D eigenvalue weighted by molar-refractivity contribution is 6.33. The summed E-state index contributed by atoms with van der Waals surface area (Å²) < 4.78 is 0. The van der Waals surface area contributed by atoms with Crippen LogP contribution in [-0.4, -0.2) is 22.5 Å². The van der Waals surface area contributed by atoms with E-state index < -0.39 is 0 Å². The van der Waals surface area contributed by atoms with Crippen LogP contribution in [-0.2, 0) is 4.79 Å². The predicted octanol–water partition coefficient (Wildman–Crippen LogP) is 4.05. The fourth-order valence-corrected chi connectivity index (χ4v) is 4.05. The molecule has 1 aromatic heterocycles. The maximum Gasteiger partial charge on any atom is 0.226 e. The third-order valence-corrected chi connectivity index (χ3v) is 5.67. The summed E-state index contributed by atoms with van der Waals surface area (Å²) in [6, 6.07) is 15.0. The van der Waals surface area contributed by atoms with Gasteiger partial charge in [0, 0.05) is 33.3 Å². The number of benzene rings is 3. The van der Waals surface area contributed by atoms with E-state index in [4.69, 9.17) is 0 Å². The van der Waals surface area contributed by atoms with Crippen LogP contribution in [0.15, 0.2) is 59.4 Å². The van der Waals surface area contributed by atoms with Crippen LogP contribution in [0.1, 0.15) is 45.7 Å². The Hall–Kier alpha value is -4.06. The topological polar surface area (TPSA) is 96.1 Å². The molecule has 6 nitrogen and oxygen atoms in total. The van der Waals surface area contributed by atoms with Crippen molar-refractivity contribution in [2.45, 2.75) is 13.8 Å². The monoisotopic (exact) mass is 410 g/mol. The molecule has 0 spiro atoms. The molecule has 1 aliphatic rings. The summed E-state index contributed by atoms with van der Waals surface area (Å²) in [6.45, 7) is 3.50. The molecule has 1 heterocycles. The number of fused-ring (bicyclic) bond motifs is 5. The zero-order chi connectivity index (χ0) is 21.9. The van der Waals surface area contributed by atoms with Crippen LogP contribution in [0.25, 0.3) is 21.8 Å². The molecule has 6 heteroatoms. The van der Waals surface area contributed by atoms with Crippen LogP contribution in [0.2, 0.25) is 0 Å². The lowest BCUT2D eigenvalue weighted by molar-refractivity contribution is -0.118. The molecule has 2 N–H and O–H groups in total.